The molecule has 0 fully saturated rings. The lowest BCUT2D eigenvalue weighted by Crippen LogP contribution is -2.34. The zero-order valence-corrected chi connectivity index (χ0v) is 20.1. The number of aryl methyl sites for hydroxylation is 2. The summed E-state index contributed by atoms with van der Waals surface area (Å²) in [4.78, 5) is 2.60. The van der Waals surface area contributed by atoms with E-state index in [4.69, 9.17) is 4.74 Å². The number of nitrogens with zero attached hydrogens (tertiary/aromatic N) is 1. The van der Waals surface area contributed by atoms with Crippen molar-refractivity contribution in [1.29, 1.82) is 0 Å². The van der Waals surface area contributed by atoms with E-state index in [1.54, 1.807) is 0 Å². The number of benzene rings is 3. The maximum Gasteiger partial charge on any atom is 0.127 e. The van der Waals surface area contributed by atoms with Crippen LogP contribution >= 0.6 is 0 Å². The molecule has 2 nitrogen and oxygen atoms in total. The van der Waals surface area contributed by atoms with Crippen molar-refractivity contribution in [1.82, 2.24) is 0 Å². The molecule has 0 amide bonds. The Balaban J connectivity index is 1.34. The minimum Gasteiger partial charge on any atom is -0.489 e. The van der Waals surface area contributed by atoms with E-state index in [-0.39, 0.29) is 0 Å². The molecule has 3 heterocycles. The minimum atomic E-state index is 0.545. The summed E-state index contributed by atoms with van der Waals surface area (Å²) in [5, 5.41) is 0. The molecule has 2 heteroatoms. The van der Waals surface area contributed by atoms with Gasteiger partial charge in [0.2, 0.25) is 0 Å². The Morgan fingerprint density at radius 2 is 1.37 bits per heavy atom. The van der Waals surface area contributed by atoms with E-state index in [0.717, 1.165) is 16.9 Å². The summed E-state index contributed by atoms with van der Waals surface area (Å²) in [6.45, 7) is 2.98. The molecule has 0 unspecified atom stereocenters. The molecule has 3 aliphatic heterocycles. The fourth-order valence-electron chi connectivity index (χ4n) is 5.49. The standard InChI is InChI=1S/C33H31NO/c1-3-9-27(10-4-1)31-21-25(17-20-35-32(24-31)28-11-5-2-6-12-28)15-16-26-22-29-13-7-18-34-19-8-14-30(23-26)33(29)34/h1-6,9-12,15-17,21-24H,7-8,13-14,18-20H2/b16-15+,25-17+,31-21?,32-24?. The van der Waals surface area contributed by atoms with Gasteiger partial charge < -0.3 is 9.64 Å². The van der Waals surface area contributed by atoms with E-state index in [2.05, 4.69) is 102 Å². The molecule has 0 bridgehead atoms. The second-order valence-electron chi connectivity index (χ2n) is 9.57. The predicted molar refractivity (Wildman–Crippen MR) is 147 cm³/mol. The minimum absolute atomic E-state index is 0.545. The lowest BCUT2D eigenvalue weighted by Gasteiger charge is -2.37. The highest BCUT2D eigenvalue weighted by Gasteiger charge is 2.23. The summed E-state index contributed by atoms with van der Waals surface area (Å²) in [5.74, 6) is 0.901. The Labute approximate surface area is 208 Å². The summed E-state index contributed by atoms with van der Waals surface area (Å²) in [5.41, 5.74) is 10.5. The molecule has 35 heavy (non-hydrogen) atoms. The van der Waals surface area contributed by atoms with Crippen molar-refractivity contribution in [2.24, 2.45) is 0 Å². The number of anilines is 1. The third-order valence-corrected chi connectivity index (χ3v) is 7.15. The van der Waals surface area contributed by atoms with Gasteiger partial charge in [0, 0.05) is 24.3 Å². The molecule has 3 aliphatic rings. The van der Waals surface area contributed by atoms with Crippen molar-refractivity contribution in [2.45, 2.75) is 25.7 Å². The van der Waals surface area contributed by atoms with Crippen LogP contribution in [0, 0.1) is 0 Å². The highest BCUT2D eigenvalue weighted by Crippen LogP contribution is 2.36. The average molecular weight is 458 g/mol. The highest BCUT2D eigenvalue weighted by molar-refractivity contribution is 5.84. The first kappa shape index (κ1) is 21.7. The van der Waals surface area contributed by atoms with Crippen LogP contribution in [0.4, 0.5) is 5.69 Å². The molecule has 0 aliphatic carbocycles. The van der Waals surface area contributed by atoms with Crippen molar-refractivity contribution in [3.05, 3.63) is 130 Å². The lowest BCUT2D eigenvalue weighted by molar-refractivity contribution is 0.319. The van der Waals surface area contributed by atoms with E-state index >= 15 is 0 Å². The van der Waals surface area contributed by atoms with Crippen LogP contribution in [0.25, 0.3) is 17.4 Å². The van der Waals surface area contributed by atoms with Gasteiger partial charge in [-0.05, 0) is 89.4 Å². The van der Waals surface area contributed by atoms with Crippen LogP contribution in [-0.2, 0) is 17.6 Å². The summed E-state index contributed by atoms with van der Waals surface area (Å²) in [7, 11) is 0. The van der Waals surface area contributed by atoms with Gasteiger partial charge in [-0.1, -0.05) is 72.8 Å². The monoisotopic (exact) mass is 457 g/mol. The number of allylic oxidation sites excluding steroid dienone is 5. The predicted octanol–water partition coefficient (Wildman–Crippen LogP) is 7.48. The van der Waals surface area contributed by atoms with Crippen LogP contribution in [0.5, 0.6) is 0 Å². The van der Waals surface area contributed by atoms with Gasteiger partial charge in [0.25, 0.3) is 0 Å². The molecule has 0 radical (unpaired) electrons. The third-order valence-electron chi connectivity index (χ3n) is 7.15. The van der Waals surface area contributed by atoms with Gasteiger partial charge >= 0.3 is 0 Å². The van der Waals surface area contributed by atoms with E-state index in [9.17, 15) is 0 Å². The quantitative estimate of drug-likeness (QED) is 0.403. The average Bonchev–Trinajstić information content (AvgIpc) is 2.89. The zero-order chi connectivity index (χ0) is 23.5. The van der Waals surface area contributed by atoms with Crippen molar-refractivity contribution in [2.75, 3.05) is 24.6 Å². The Morgan fingerprint density at radius 3 is 2.06 bits per heavy atom. The van der Waals surface area contributed by atoms with Crippen molar-refractivity contribution in [3.63, 3.8) is 0 Å². The van der Waals surface area contributed by atoms with Gasteiger partial charge in [0.1, 0.15) is 12.4 Å². The Morgan fingerprint density at radius 1 is 0.714 bits per heavy atom. The number of hydrogen-bond donors (Lipinski definition) is 0. The first-order valence-corrected chi connectivity index (χ1v) is 12.8. The molecule has 6 rings (SSSR count). The van der Waals surface area contributed by atoms with Gasteiger partial charge in [-0.15, -0.1) is 0 Å². The van der Waals surface area contributed by atoms with Gasteiger partial charge in [0.05, 0.1) is 0 Å². The highest BCUT2D eigenvalue weighted by atomic mass is 16.5. The first-order chi connectivity index (χ1) is 17.3. The van der Waals surface area contributed by atoms with Gasteiger partial charge in [-0.2, -0.15) is 0 Å². The summed E-state index contributed by atoms with van der Waals surface area (Å²) in [6, 6.07) is 25.7. The SMILES string of the molecule is C1=C(c2ccccc2)C=C(c2ccccc2)OC/C=C1\C=C\c1cc2c3c(c1)CCCN3CCC2. The zero-order valence-electron chi connectivity index (χ0n) is 20.1. The molecule has 0 saturated heterocycles. The largest absolute Gasteiger partial charge is 0.489 e. The van der Waals surface area contributed by atoms with Crippen LogP contribution < -0.4 is 4.90 Å². The normalized spacial score (nSPS) is 19.0. The fraction of sp³-hybridized carbons (Fsp3) is 0.212. The molecule has 0 spiro atoms. The van der Waals surface area contributed by atoms with Crippen molar-refractivity contribution >= 4 is 23.1 Å². The topological polar surface area (TPSA) is 12.5 Å². The van der Waals surface area contributed by atoms with Crippen LogP contribution in [-0.4, -0.2) is 19.7 Å². The Hall–Kier alpha value is -3.78. The van der Waals surface area contributed by atoms with Crippen LogP contribution in [0.3, 0.4) is 0 Å². The maximum absolute atomic E-state index is 6.24. The number of hydrogen-bond acceptors (Lipinski definition) is 2. The molecule has 0 atom stereocenters. The molecule has 0 saturated carbocycles. The Kier molecular flexibility index (Phi) is 6.11. The summed E-state index contributed by atoms with van der Waals surface area (Å²) in [6.07, 6.45) is 16.1. The fourth-order valence-corrected chi connectivity index (χ4v) is 5.49. The van der Waals surface area contributed by atoms with Gasteiger partial charge in [0.15, 0.2) is 0 Å². The molecular formula is C33H31NO. The summed E-state index contributed by atoms with van der Waals surface area (Å²) < 4.78 is 6.24. The first-order valence-electron chi connectivity index (χ1n) is 12.8. The smallest absolute Gasteiger partial charge is 0.127 e. The lowest BCUT2D eigenvalue weighted by atomic mass is 9.90. The molecule has 0 aromatic heterocycles. The van der Waals surface area contributed by atoms with Gasteiger partial charge in [-0.3, -0.25) is 0 Å². The van der Waals surface area contributed by atoms with Gasteiger partial charge in [-0.25, -0.2) is 0 Å². The molecule has 174 valence electrons. The third kappa shape index (κ3) is 4.74. The van der Waals surface area contributed by atoms with E-state index in [1.165, 1.54) is 72.3 Å². The summed E-state index contributed by atoms with van der Waals surface area (Å²) >= 11 is 0. The van der Waals surface area contributed by atoms with E-state index in [1.807, 2.05) is 6.07 Å². The van der Waals surface area contributed by atoms with Crippen molar-refractivity contribution in [3.8, 4) is 0 Å². The second kappa shape index (κ2) is 9.84. The van der Waals surface area contributed by atoms with Crippen LogP contribution in [0.15, 0.2) is 103 Å². The Bertz CT molecular complexity index is 1300. The van der Waals surface area contributed by atoms with E-state index in [0.29, 0.717) is 6.61 Å². The van der Waals surface area contributed by atoms with E-state index < -0.39 is 0 Å². The molecular weight excluding hydrogens is 426 g/mol. The maximum atomic E-state index is 6.24. The van der Waals surface area contributed by atoms with Crippen LogP contribution in [0.2, 0.25) is 0 Å². The van der Waals surface area contributed by atoms with Crippen molar-refractivity contribution < 1.29 is 4.74 Å². The molecule has 0 N–H and O–H groups in total. The molecule has 3 aromatic rings. The number of ether oxygens (including phenoxy) is 1. The molecule has 3 aromatic carbocycles. The number of rotatable bonds is 4. The van der Waals surface area contributed by atoms with Crippen LogP contribution in [0.1, 0.15) is 40.7 Å². The second-order valence-corrected chi connectivity index (χ2v) is 9.57.